The van der Waals surface area contributed by atoms with Crippen LogP contribution in [-0.4, -0.2) is 22.9 Å². The fourth-order valence-electron chi connectivity index (χ4n) is 1.84. The van der Waals surface area contributed by atoms with Crippen LogP contribution in [0.25, 0.3) is 0 Å². The summed E-state index contributed by atoms with van der Waals surface area (Å²) < 4.78 is 13.5. The van der Waals surface area contributed by atoms with Crippen LogP contribution >= 0.6 is 12.4 Å². The number of nitrogens with zero attached hydrogens (tertiary/aromatic N) is 1. The Kier molecular flexibility index (Phi) is 5.11. The lowest BCUT2D eigenvalue weighted by molar-refractivity contribution is -0.133. The van der Waals surface area contributed by atoms with Crippen LogP contribution in [-0.2, 0) is 11.3 Å². The number of amides is 1. The summed E-state index contributed by atoms with van der Waals surface area (Å²) >= 11 is 0. The molecule has 2 rings (SSSR count). The van der Waals surface area contributed by atoms with Crippen LogP contribution in [0.4, 0.5) is 4.39 Å². The number of benzene rings is 1. The second-order valence-electron chi connectivity index (χ2n) is 4.58. The second-order valence-corrected chi connectivity index (χ2v) is 4.58. The maximum absolute atomic E-state index is 13.5. The van der Waals surface area contributed by atoms with Crippen molar-refractivity contribution in [3.63, 3.8) is 0 Å². The lowest BCUT2D eigenvalue weighted by atomic mass is 10.2. The molecule has 0 aromatic heterocycles. The minimum atomic E-state index is -0.526. The highest BCUT2D eigenvalue weighted by atomic mass is 35.5. The summed E-state index contributed by atoms with van der Waals surface area (Å²) in [5.74, 6) is -0.369. The highest BCUT2D eigenvalue weighted by Gasteiger charge is 2.33. The molecule has 100 valence electrons. The van der Waals surface area contributed by atoms with Gasteiger partial charge < -0.3 is 10.6 Å². The molecule has 0 heterocycles. The standard InChI is InChI=1S/C13H17FN2O.ClH/c1-9(15)13(17)16(11-6-7-11)8-10-4-2-3-5-12(10)14;/h2-5,9,11H,6-8,15H2,1H3;1H/t9-;/m1./s1. The van der Waals surface area contributed by atoms with Gasteiger partial charge in [-0.2, -0.15) is 0 Å². The molecule has 0 bridgehead atoms. The molecule has 0 unspecified atom stereocenters. The molecule has 0 aliphatic heterocycles. The van der Waals surface area contributed by atoms with E-state index >= 15 is 0 Å². The van der Waals surface area contributed by atoms with E-state index in [9.17, 15) is 9.18 Å². The monoisotopic (exact) mass is 272 g/mol. The largest absolute Gasteiger partial charge is 0.334 e. The number of nitrogens with two attached hydrogens (primary N) is 1. The normalized spacial score (nSPS) is 15.7. The quantitative estimate of drug-likeness (QED) is 0.912. The summed E-state index contributed by atoms with van der Waals surface area (Å²) in [5, 5.41) is 0. The minimum absolute atomic E-state index is 0. The molecule has 5 heteroatoms. The van der Waals surface area contributed by atoms with Crippen LogP contribution in [0.1, 0.15) is 25.3 Å². The predicted octanol–water partition coefficient (Wildman–Crippen LogP) is 2.09. The maximum Gasteiger partial charge on any atom is 0.239 e. The molecule has 1 saturated carbocycles. The van der Waals surface area contributed by atoms with Gasteiger partial charge in [-0.25, -0.2) is 4.39 Å². The first-order chi connectivity index (χ1) is 8.09. The van der Waals surface area contributed by atoms with Crippen molar-refractivity contribution in [1.82, 2.24) is 4.90 Å². The van der Waals surface area contributed by atoms with E-state index in [2.05, 4.69) is 0 Å². The third-order valence-electron chi connectivity index (χ3n) is 2.96. The van der Waals surface area contributed by atoms with E-state index in [0.717, 1.165) is 12.8 Å². The Bertz CT molecular complexity index is 421. The van der Waals surface area contributed by atoms with Gasteiger partial charge in [-0.15, -0.1) is 12.4 Å². The molecule has 1 aromatic carbocycles. The smallest absolute Gasteiger partial charge is 0.239 e. The molecule has 1 aliphatic carbocycles. The van der Waals surface area contributed by atoms with E-state index < -0.39 is 6.04 Å². The van der Waals surface area contributed by atoms with Gasteiger partial charge in [-0.05, 0) is 25.8 Å². The van der Waals surface area contributed by atoms with Crippen LogP contribution in [0.3, 0.4) is 0 Å². The summed E-state index contributed by atoms with van der Waals surface area (Å²) in [4.78, 5) is 13.6. The molecule has 0 saturated heterocycles. The number of carbonyl (C=O) groups is 1. The van der Waals surface area contributed by atoms with E-state index in [0.29, 0.717) is 12.1 Å². The average Bonchev–Trinajstić information content (AvgIpc) is 3.11. The van der Waals surface area contributed by atoms with Gasteiger partial charge in [-0.1, -0.05) is 18.2 Å². The number of hydrogen-bond acceptors (Lipinski definition) is 2. The van der Waals surface area contributed by atoms with Crippen LogP contribution < -0.4 is 5.73 Å². The lowest BCUT2D eigenvalue weighted by Gasteiger charge is -2.24. The number of carbonyl (C=O) groups excluding carboxylic acids is 1. The van der Waals surface area contributed by atoms with E-state index in [1.165, 1.54) is 6.07 Å². The van der Waals surface area contributed by atoms with Crippen molar-refractivity contribution in [2.24, 2.45) is 5.73 Å². The predicted molar refractivity (Wildman–Crippen MR) is 70.9 cm³/mol. The van der Waals surface area contributed by atoms with Crippen molar-refractivity contribution in [3.8, 4) is 0 Å². The van der Waals surface area contributed by atoms with Crippen LogP contribution in [0.5, 0.6) is 0 Å². The van der Waals surface area contributed by atoms with Gasteiger partial charge in [0.1, 0.15) is 5.82 Å². The highest BCUT2D eigenvalue weighted by molar-refractivity contribution is 5.85. The fraction of sp³-hybridized carbons (Fsp3) is 0.462. The van der Waals surface area contributed by atoms with Crippen molar-refractivity contribution in [2.75, 3.05) is 0 Å². The molecule has 1 aliphatic rings. The number of halogens is 2. The third kappa shape index (κ3) is 3.43. The molecule has 1 amide bonds. The average molecular weight is 273 g/mol. The van der Waals surface area contributed by atoms with Crippen LogP contribution in [0, 0.1) is 5.82 Å². The van der Waals surface area contributed by atoms with Gasteiger partial charge in [0.2, 0.25) is 5.91 Å². The first-order valence-electron chi connectivity index (χ1n) is 5.89. The molecule has 2 N–H and O–H groups in total. The van der Waals surface area contributed by atoms with E-state index in [4.69, 9.17) is 5.73 Å². The highest BCUT2D eigenvalue weighted by Crippen LogP contribution is 2.29. The van der Waals surface area contributed by atoms with E-state index in [1.807, 2.05) is 0 Å². The van der Waals surface area contributed by atoms with Gasteiger partial charge in [0.05, 0.1) is 6.04 Å². The fourth-order valence-corrected chi connectivity index (χ4v) is 1.84. The first-order valence-corrected chi connectivity index (χ1v) is 5.89. The first kappa shape index (κ1) is 14.9. The Labute approximate surface area is 113 Å². The second kappa shape index (κ2) is 6.16. The Balaban J connectivity index is 0.00000162. The Hall–Kier alpha value is -1.13. The molecular weight excluding hydrogens is 255 g/mol. The van der Waals surface area contributed by atoms with Gasteiger partial charge in [-0.3, -0.25) is 4.79 Å². The SMILES string of the molecule is C[C@@H](N)C(=O)N(Cc1ccccc1F)C1CC1.Cl. The molecule has 18 heavy (non-hydrogen) atoms. The van der Waals surface area contributed by atoms with Crippen molar-refractivity contribution in [3.05, 3.63) is 35.6 Å². The Morgan fingerprint density at radius 1 is 1.50 bits per heavy atom. The van der Waals surface area contributed by atoms with E-state index in [1.54, 1.807) is 30.0 Å². The zero-order valence-corrected chi connectivity index (χ0v) is 11.1. The summed E-state index contributed by atoms with van der Waals surface area (Å²) in [7, 11) is 0. The van der Waals surface area contributed by atoms with Gasteiger partial charge in [0.25, 0.3) is 0 Å². The third-order valence-corrected chi connectivity index (χ3v) is 2.96. The van der Waals surface area contributed by atoms with Gasteiger partial charge in [0.15, 0.2) is 0 Å². The maximum atomic E-state index is 13.5. The summed E-state index contributed by atoms with van der Waals surface area (Å²) in [6.07, 6.45) is 1.99. The molecule has 1 atom stereocenters. The number of hydrogen-bond donors (Lipinski definition) is 1. The zero-order chi connectivity index (χ0) is 12.4. The summed E-state index contributed by atoms with van der Waals surface area (Å²) in [6, 6.07) is 6.26. The topological polar surface area (TPSA) is 46.3 Å². The van der Waals surface area contributed by atoms with E-state index in [-0.39, 0.29) is 30.2 Å². The van der Waals surface area contributed by atoms with Crippen molar-refractivity contribution >= 4 is 18.3 Å². The van der Waals surface area contributed by atoms with Crippen LogP contribution in [0.2, 0.25) is 0 Å². The Morgan fingerprint density at radius 2 is 2.11 bits per heavy atom. The number of rotatable bonds is 4. The molecule has 1 aromatic rings. The molecule has 0 radical (unpaired) electrons. The minimum Gasteiger partial charge on any atom is -0.334 e. The molecule has 3 nitrogen and oxygen atoms in total. The molecular formula is C13H18ClFN2O. The van der Waals surface area contributed by atoms with Gasteiger partial charge in [0, 0.05) is 18.2 Å². The van der Waals surface area contributed by atoms with Crippen molar-refractivity contribution < 1.29 is 9.18 Å². The Morgan fingerprint density at radius 3 is 2.61 bits per heavy atom. The van der Waals surface area contributed by atoms with Gasteiger partial charge >= 0.3 is 0 Å². The van der Waals surface area contributed by atoms with Crippen molar-refractivity contribution in [2.45, 2.75) is 38.4 Å². The molecule has 0 spiro atoms. The van der Waals surface area contributed by atoms with Crippen LogP contribution in [0.15, 0.2) is 24.3 Å². The zero-order valence-electron chi connectivity index (χ0n) is 10.3. The summed E-state index contributed by atoms with van der Waals surface area (Å²) in [5.41, 5.74) is 6.16. The molecule has 1 fully saturated rings. The summed E-state index contributed by atoms with van der Waals surface area (Å²) in [6.45, 7) is 1.98. The lowest BCUT2D eigenvalue weighted by Crippen LogP contribution is -2.43. The van der Waals surface area contributed by atoms with Crippen molar-refractivity contribution in [1.29, 1.82) is 0 Å².